The molecule has 108 valence electrons. The number of amides is 2. The van der Waals surface area contributed by atoms with E-state index >= 15 is 0 Å². The molecule has 1 aromatic carbocycles. The predicted molar refractivity (Wildman–Crippen MR) is 82.0 cm³/mol. The predicted octanol–water partition coefficient (Wildman–Crippen LogP) is 1.96. The first kappa shape index (κ1) is 13.8. The summed E-state index contributed by atoms with van der Waals surface area (Å²) in [7, 11) is 0. The van der Waals surface area contributed by atoms with Crippen LogP contribution in [0.25, 0.3) is 11.3 Å². The van der Waals surface area contributed by atoms with Gasteiger partial charge in [-0.2, -0.15) is 0 Å². The minimum absolute atomic E-state index is 0.172. The minimum atomic E-state index is -0.376. The topological polar surface area (TPSA) is 76.3 Å². The molecule has 0 aliphatic carbocycles. The third kappa shape index (κ3) is 2.95. The Morgan fingerprint density at radius 2 is 2.10 bits per heavy atom. The maximum absolute atomic E-state index is 11.7. The van der Waals surface area contributed by atoms with Crippen LogP contribution in [0.3, 0.4) is 0 Å². The fourth-order valence-corrected chi connectivity index (χ4v) is 3.22. The second-order valence-corrected chi connectivity index (χ2v) is 5.91. The average molecular weight is 301 g/mol. The number of nitrogens with two attached hydrogens (primary N) is 1. The van der Waals surface area contributed by atoms with E-state index in [1.807, 2.05) is 34.5 Å². The lowest BCUT2D eigenvalue weighted by molar-refractivity contribution is -0.118. The van der Waals surface area contributed by atoms with E-state index in [4.69, 9.17) is 5.73 Å². The first-order chi connectivity index (χ1) is 10.1. The van der Waals surface area contributed by atoms with Gasteiger partial charge in [0.05, 0.1) is 12.1 Å². The summed E-state index contributed by atoms with van der Waals surface area (Å²) < 4.78 is 0. The summed E-state index contributed by atoms with van der Waals surface area (Å²) >= 11 is 1.43. The molecule has 21 heavy (non-hydrogen) atoms. The van der Waals surface area contributed by atoms with Crippen LogP contribution in [0.4, 0.5) is 5.69 Å². The van der Waals surface area contributed by atoms with E-state index in [1.165, 1.54) is 11.3 Å². The van der Waals surface area contributed by atoms with Crippen molar-refractivity contribution in [3.8, 4) is 11.3 Å². The van der Waals surface area contributed by atoms with Crippen LogP contribution >= 0.6 is 11.3 Å². The molecule has 0 radical (unpaired) electrons. The zero-order valence-corrected chi connectivity index (χ0v) is 12.2. The van der Waals surface area contributed by atoms with Gasteiger partial charge in [0, 0.05) is 29.6 Å². The molecule has 0 spiro atoms. The Morgan fingerprint density at radius 1 is 1.33 bits per heavy atom. The van der Waals surface area contributed by atoms with Crippen LogP contribution in [0, 0.1) is 0 Å². The minimum Gasteiger partial charge on any atom is -0.369 e. The maximum Gasteiger partial charge on any atom is 0.227 e. The van der Waals surface area contributed by atoms with Crippen molar-refractivity contribution in [2.45, 2.75) is 19.3 Å². The molecular weight excluding hydrogens is 286 g/mol. The summed E-state index contributed by atoms with van der Waals surface area (Å²) in [5.41, 5.74) is 7.89. The molecule has 1 aliphatic heterocycles. The average Bonchev–Trinajstić information content (AvgIpc) is 3.07. The molecule has 2 heterocycles. The molecule has 2 N–H and O–H groups in total. The van der Waals surface area contributed by atoms with Crippen molar-refractivity contribution in [1.82, 2.24) is 4.98 Å². The Morgan fingerprint density at radius 3 is 2.71 bits per heavy atom. The smallest absolute Gasteiger partial charge is 0.227 e. The fraction of sp³-hybridized carbons (Fsp3) is 0.267. The number of benzene rings is 1. The second-order valence-electron chi connectivity index (χ2n) is 4.97. The zero-order valence-electron chi connectivity index (χ0n) is 11.4. The summed E-state index contributed by atoms with van der Waals surface area (Å²) in [6, 6.07) is 7.77. The number of carbonyl (C=O) groups excluding carboxylic acids is 2. The summed E-state index contributed by atoms with van der Waals surface area (Å²) in [5.74, 6) is -0.195. The maximum atomic E-state index is 11.7. The summed E-state index contributed by atoms with van der Waals surface area (Å²) in [6.07, 6.45) is 1.72. The lowest BCUT2D eigenvalue weighted by Gasteiger charge is -2.15. The number of aromatic nitrogens is 1. The summed E-state index contributed by atoms with van der Waals surface area (Å²) in [4.78, 5) is 28.8. The number of anilines is 1. The van der Waals surface area contributed by atoms with E-state index in [1.54, 1.807) is 0 Å². The Kier molecular flexibility index (Phi) is 3.70. The highest BCUT2D eigenvalue weighted by molar-refractivity contribution is 7.10. The standard InChI is InChI=1S/C15H15N3O2S/c16-13(19)8-14-17-12(9-21-14)10-3-5-11(6-4-10)18-7-1-2-15(18)20/h3-6,9H,1-2,7-8H2,(H2,16,19). The normalized spacial score (nSPS) is 14.7. The van der Waals surface area contributed by atoms with Crippen LogP contribution < -0.4 is 10.6 Å². The molecule has 2 amide bonds. The van der Waals surface area contributed by atoms with E-state index in [0.717, 1.165) is 34.9 Å². The number of carbonyl (C=O) groups is 2. The fourth-order valence-electron chi connectivity index (χ4n) is 2.41. The highest BCUT2D eigenvalue weighted by Crippen LogP contribution is 2.27. The molecule has 0 saturated carbocycles. The van der Waals surface area contributed by atoms with E-state index < -0.39 is 0 Å². The second kappa shape index (κ2) is 5.65. The number of rotatable bonds is 4. The van der Waals surface area contributed by atoms with Crippen LogP contribution in [-0.2, 0) is 16.0 Å². The van der Waals surface area contributed by atoms with Crippen molar-refractivity contribution in [3.63, 3.8) is 0 Å². The Labute approximate surface area is 126 Å². The van der Waals surface area contributed by atoms with Crippen LogP contribution in [0.15, 0.2) is 29.6 Å². The van der Waals surface area contributed by atoms with Gasteiger partial charge in [0.15, 0.2) is 0 Å². The van der Waals surface area contributed by atoms with Gasteiger partial charge in [-0.3, -0.25) is 9.59 Å². The molecule has 2 aromatic rings. The van der Waals surface area contributed by atoms with Crippen molar-refractivity contribution in [3.05, 3.63) is 34.7 Å². The zero-order chi connectivity index (χ0) is 14.8. The van der Waals surface area contributed by atoms with E-state index in [2.05, 4.69) is 4.98 Å². The molecule has 0 atom stereocenters. The molecular formula is C15H15N3O2S. The molecule has 1 aromatic heterocycles. The van der Waals surface area contributed by atoms with E-state index in [0.29, 0.717) is 6.42 Å². The largest absolute Gasteiger partial charge is 0.369 e. The number of thiazole rings is 1. The Balaban J connectivity index is 1.79. The Hall–Kier alpha value is -2.21. The van der Waals surface area contributed by atoms with Gasteiger partial charge >= 0.3 is 0 Å². The van der Waals surface area contributed by atoms with Gasteiger partial charge in [-0.05, 0) is 18.6 Å². The summed E-state index contributed by atoms with van der Waals surface area (Å²) in [5, 5.41) is 2.63. The molecule has 1 aliphatic rings. The highest BCUT2D eigenvalue weighted by atomic mass is 32.1. The number of primary amides is 1. The Bertz CT molecular complexity index is 678. The van der Waals surface area contributed by atoms with Crippen molar-refractivity contribution in [2.75, 3.05) is 11.4 Å². The third-order valence-electron chi connectivity index (χ3n) is 3.43. The van der Waals surface area contributed by atoms with Crippen molar-refractivity contribution in [2.24, 2.45) is 5.73 Å². The monoisotopic (exact) mass is 301 g/mol. The summed E-state index contributed by atoms with van der Waals surface area (Å²) in [6.45, 7) is 0.789. The van der Waals surface area contributed by atoms with Crippen LogP contribution in [0.5, 0.6) is 0 Å². The van der Waals surface area contributed by atoms with Gasteiger partial charge in [-0.25, -0.2) is 4.98 Å². The van der Waals surface area contributed by atoms with Gasteiger partial charge in [-0.1, -0.05) is 12.1 Å². The molecule has 1 saturated heterocycles. The van der Waals surface area contributed by atoms with Gasteiger partial charge in [0.25, 0.3) is 0 Å². The highest BCUT2D eigenvalue weighted by Gasteiger charge is 2.21. The van der Waals surface area contributed by atoms with Gasteiger partial charge in [-0.15, -0.1) is 11.3 Å². The van der Waals surface area contributed by atoms with Gasteiger partial charge < -0.3 is 10.6 Å². The first-order valence-corrected chi connectivity index (χ1v) is 7.65. The lowest BCUT2D eigenvalue weighted by atomic mass is 10.1. The first-order valence-electron chi connectivity index (χ1n) is 6.77. The van der Waals surface area contributed by atoms with Crippen LogP contribution in [-0.4, -0.2) is 23.3 Å². The van der Waals surface area contributed by atoms with Gasteiger partial charge in [0.2, 0.25) is 11.8 Å². The van der Waals surface area contributed by atoms with Crippen LogP contribution in [0.1, 0.15) is 17.8 Å². The SMILES string of the molecule is NC(=O)Cc1nc(-c2ccc(N3CCCC3=O)cc2)cs1. The molecule has 6 heteroatoms. The van der Waals surface area contributed by atoms with Crippen LogP contribution in [0.2, 0.25) is 0 Å². The number of hydrogen-bond acceptors (Lipinski definition) is 4. The quantitative estimate of drug-likeness (QED) is 0.938. The molecule has 3 rings (SSSR count). The van der Waals surface area contributed by atoms with Gasteiger partial charge in [0.1, 0.15) is 5.01 Å². The van der Waals surface area contributed by atoms with E-state index in [9.17, 15) is 9.59 Å². The van der Waals surface area contributed by atoms with E-state index in [-0.39, 0.29) is 18.2 Å². The molecule has 5 nitrogen and oxygen atoms in total. The number of nitrogens with zero attached hydrogens (tertiary/aromatic N) is 2. The van der Waals surface area contributed by atoms with Crippen molar-refractivity contribution >= 4 is 28.8 Å². The van der Waals surface area contributed by atoms with Crippen molar-refractivity contribution in [1.29, 1.82) is 0 Å². The molecule has 0 bridgehead atoms. The molecule has 0 unspecified atom stereocenters. The lowest BCUT2D eigenvalue weighted by Crippen LogP contribution is -2.23. The molecule has 1 fully saturated rings. The van der Waals surface area contributed by atoms with Crippen molar-refractivity contribution < 1.29 is 9.59 Å². The third-order valence-corrected chi connectivity index (χ3v) is 4.27. The number of hydrogen-bond donors (Lipinski definition) is 1.